The van der Waals surface area contributed by atoms with Gasteiger partial charge < -0.3 is 15.9 Å². The van der Waals surface area contributed by atoms with Crippen LogP contribution in [0.15, 0.2) is 65.1 Å². The van der Waals surface area contributed by atoms with Crippen LogP contribution in [0.4, 0.5) is 5.69 Å². The number of nitrogen functional groups attached to an aromatic ring is 1. The van der Waals surface area contributed by atoms with Crippen LogP contribution >= 0.6 is 23.2 Å². The number of furan rings is 1. The Kier molecular flexibility index (Phi) is 6.96. The molecule has 0 bridgehead atoms. The molecule has 4 N–H and O–H groups in total. The smallest absolute Gasteiger partial charge is 0.231 e. The number of carbonyl (C=O) groups is 3. The van der Waals surface area contributed by atoms with Gasteiger partial charge in [0.1, 0.15) is 11.4 Å². The predicted octanol–water partition coefficient (Wildman–Crippen LogP) is 6.16. The lowest BCUT2D eigenvalue weighted by molar-refractivity contribution is -0.125. The third-order valence-electron chi connectivity index (χ3n) is 5.88. The fourth-order valence-corrected chi connectivity index (χ4v) is 4.56. The van der Waals surface area contributed by atoms with Crippen molar-refractivity contribution in [3.8, 4) is 11.1 Å². The predicted molar refractivity (Wildman–Crippen MR) is 138 cm³/mol. The van der Waals surface area contributed by atoms with E-state index in [1.165, 1.54) is 12.1 Å². The number of carbonyl (C=O) groups excluding carboxylic acids is 3. The average Bonchev–Trinajstić information content (AvgIpc) is 3.17. The number of ketones is 2. The number of hydrogen-bond donors (Lipinski definition) is 2. The summed E-state index contributed by atoms with van der Waals surface area (Å²) in [6.45, 7) is 1.76. The molecule has 4 rings (SSSR count). The first-order valence-corrected chi connectivity index (χ1v) is 11.7. The van der Waals surface area contributed by atoms with Crippen molar-refractivity contribution in [3.63, 3.8) is 0 Å². The summed E-state index contributed by atoms with van der Waals surface area (Å²) in [5.41, 5.74) is 14.8. The van der Waals surface area contributed by atoms with Crippen LogP contribution in [-0.2, 0) is 9.59 Å². The highest BCUT2D eigenvalue weighted by Gasteiger charge is 2.24. The number of rotatable bonds is 8. The van der Waals surface area contributed by atoms with Crippen LogP contribution in [0.25, 0.3) is 22.1 Å². The van der Waals surface area contributed by atoms with Crippen molar-refractivity contribution in [1.82, 2.24) is 0 Å². The molecule has 0 spiro atoms. The van der Waals surface area contributed by atoms with Crippen LogP contribution in [0.2, 0.25) is 10.0 Å². The lowest BCUT2D eigenvalue weighted by Crippen LogP contribution is -2.20. The normalized spacial score (nSPS) is 12.0. The number of Topliss-reactive ketones (excluding diaryl/α,β-unsaturated/α-hetero) is 1. The summed E-state index contributed by atoms with van der Waals surface area (Å²) in [6.07, 6.45) is 0.247. The largest absolute Gasteiger partial charge is 0.450 e. The molecule has 1 unspecified atom stereocenters. The first-order chi connectivity index (χ1) is 16.7. The Morgan fingerprint density at radius 3 is 2.40 bits per heavy atom. The second-order valence-electron chi connectivity index (χ2n) is 8.18. The number of nitrogens with two attached hydrogens (primary N) is 2. The molecule has 178 valence electrons. The van der Waals surface area contributed by atoms with Crippen molar-refractivity contribution in [2.75, 3.05) is 5.73 Å². The fraction of sp³-hybridized carbons (Fsp3) is 0.148. The minimum atomic E-state index is -0.603. The number of anilines is 1. The van der Waals surface area contributed by atoms with E-state index in [1.807, 2.05) is 24.3 Å². The van der Waals surface area contributed by atoms with Crippen LogP contribution in [0, 0.1) is 0 Å². The summed E-state index contributed by atoms with van der Waals surface area (Å²) < 4.78 is 5.87. The lowest BCUT2D eigenvalue weighted by atomic mass is 9.88. The van der Waals surface area contributed by atoms with Gasteiger partial charge in [0.25, 0.3) is 0 Å². The maximum absolute atomic E-state index is 13.1. The molecule has 1 aromatic heterocycles. The molecular weight excluding hydrogens is 487 g/mol. The van der Waals surface area contributed by atoms with Gasteiger partial charge in [0.05, 0.1) is 16.6 Å². The van der Waals surface area contributed by atoms with Gasteiger partial charge in [0.15, 0.2) is 5.76 Å². The zero-order valence-corrected chi connectivity index (χ0v) is 20.3. The highest BCUT2D eigenvalue weighted by molar-refractivity contribution is 6.37. The maximum Gasteiger partial charge on any atom is 0.231 e. The minimum absolute atomic E-state index is 0.00909. The quantitative estimate of drug-likeness (QED) is 0.276. The number of amides is 1. The van der Waals surface area contributed by atoms with Gasteiger partial charge in [-0.15, -0.1) is 0 Å². The number of fused-ring (bicyclic) bond motifs is 1. The number of benzene rings is 3. The van der Waals surface area contributed by atoms with Crippen LogP contribution in [-0.4, -0.2) is 17.5 Å². The Balaban J connectivity index is 1.73. The number of primary amides is 1. The summed E-state index contributed by atoms with van der Waals surface area (Å²) >= 11 is 12.1. The summed E-state index contributed by atoms with van der Waals surface area (Å²) in [7, 11) is 0. The molecule has 0 saturated carbocycles. The van der Waals surface area contributed by atoms with E-state index in [0.29, 0.717) is 28.0 Å². The summed E-state index contributed by atoms with van der Waals surface area (Å²) in [6, 6.07) is 17.3. The van der Waals surface area contributed by atoms with Crippen molar-refractivity contribution in [1.29, 1.82) is 0 Å². The topological polar surface area (TPSA) is 116 Å². The summed E-state index contributed by atoms with van der Waals surface area (Å²) in [5, 5.41) is 1.20. The zero-order valence-electron chi connectivity index (χ0n) is 18.8. The SMILES string of the molecule is CCC(=O)C(CC(N)=O)c1cccc(-c2ccc3c(N)c(C(=O)c4ccc(Cl)cc4Cl)oc3c2)c1. The van der Waals surface area contributed by atoms with Crippen LogP contribution in [0.5, 0.6) is 0 Å². The van der Waals surface area contributed by atoms with Gasteiger partial charge in [-0.1, -0.05) is 60.5 Å². The van der Waals surface area contributed by atoms with Crippen LogP contribution < -0.4 is 11.5 Å². The molecule has 0 radical (unpaired) electrons. The molecular formula is C27H22Cl2N2O4. The molecule has 3 aromatic carbocycles. The molecule has 0 aliphatic carbocycles. The Morgan fingerprint density at radius 1 is 0.971 bits per heavy atom. The molecule has 0 aliphatic heterocycles. The second kappa shape index (κ2) is 9.94. The molecule has 35 heavy (non-hydrogen) atoms. The van der Waals surface area contributed by atoms with Crippen LogP contribution in [0.1, 0.15) is 47.4 Å². The van der Waals surface area contributed by atoms with E-state index < -0.39 is 17.6 Å². The van der Waals surface area contributed by atoms with E-state index in [4.69, 9.17) is 39.1 Å². The van der Waals surface area contributed by atoms with Crippen molar-refractivity contribution in [2.45, 2.75) is 25.7 Å². The van der Waals surface area contributed by atoms with E-state index in [-0.39, 0.29) is 34.2 Å². The fourth-order valence-electron chi connectivity index (χ4n) is 4.06. The monoisotopic (exact) mass is 508 g/mol. The molecule has 8 heteroatoms. The van der Waals surface area contributed by atoms with Crippen molar-refractivity contribution in [2.24, 2.45) is 5.73 Å². The standard InChI is InChI=1S/C27H22Cl2N2O4/c1-2-22(32)20(13-24(30)33)16-5-3-4-14(10-16)15-6-8-19-23(11-15)35-27(25(19)31)26(34)18-9-7-17(28)12-21(18)29/h3-12,20H,2,13,31H2,1H3,(H2,30,33). The molecule has 6 nitrogen and oxygen atoms in total. The first-order valence-electron chi connectivity index (χ1n) is 10.9. The number of halogens is 2. The zero-order chi connectivity index (χ0) is 25.3. The van der Waals surface area contributed by atoms with Crippen molar-refractivity contribution >= 4 is 57.3 Å². The molecule has 1 heterocycles. The minimum Gasteiger partial charge on any atom is -0.450 e. The molecule has 4 aromatic rings. The van der Waals surface area contributed by atoms with Crippen LogP contribution in [0.3, 0.4) is 0 Å². The van der Waals surface area contributed by atoms with Gasteiger partial charge >= 0.3 is 0 Å². The van der Waals surface area contributed by atoms with Gasteiger partial charge in [0, 0.05) is 28.8 Å². The third-order valence-corrected chi connectivity index (χ3v) is 6.42. The summed E-state index contributed by atoms with van der Waals surface area (Å²) in [4.78, 5) is 37.0. The van der Waals surface area contributed by atoms with Crippen molar-refractivity contribution < 1.29 is 18.8 Å². The molecule has 1 atom stereocenters. The Morgan fingerprint density at radius 2 is 1.71 bits per heavy atom. The lowest BCUT2D eigenvalue weighted by Gasteiger charge is -2.15. The van der Waals surface area contributed by atoms with Crippen molar-refractivity contribution in [3.05, 3.63) is 87.6 Å². The second-order valence-corrected chi connectivity index (χ2v) is 9.02. The highest BCUT2D eigenvalue weighted by atomic mass is 35.5. The van der Waals surface area contributed by atoms with Gasteiger partial charge in [0.2, 0.25) is 11.7 Å². The van der Waals surface area contributed by atoms with E-state index in [1.54, 1.807) is 31.2 Å². The number of hydrogen-bond acceptors (Lipinski definition) is 5. The third kappa shape index (κ3) is 4.94. The van der Waals surface area contributed by atoms with E-state index >= 15 is 0 Å². The average molecular weight is 509 g/mol. The Labute approximate surface area is 211 Å². The Bertz CT molecular complexity index is 1480. The van der Waals surface area contributed by atoms with Gasteiger partial charge in [-0.25, -0.2) is 0 Å². The maximum atomic E-state index is 13.1. The first kappa shape index (κ1) is 24.5. The van der Waals surface area contributed by atoms with E-state index in [2.05, 4.69) is 0 Å². The van der Waals surface area contributed by atoms with Gasteiger partial charge in [-0.2, -0.15) is 0 Å². The molecule has 1 amide bonds. The Hall–Kier alpha value is -3.61. The molecule has 0 saturated heterocycles. The molecule has 0 fully saturated rings. The molecule has 0 aliphatic rings. The van der Waals surface area contributed by atoms with Gasteiger partial charge in [-0.3, -0.25) is 14.4 Å². The van der Waals surface area contributed by atoms with E-state index in [0.717, 1.165) is 11.1 Å². The highest BCUT2D eigenvalue weighted by Crippen LogP contribution is 2.35. The van der Waals surface area contributed by atoms with Gasteiger partial charge in [-0.05, 0) is 47.0 Å². The van der Waals surface area contributed by atoms with E-state index in [9.17, 15) is 14.4 Å². The summed E-state index contributed by atoms with van der Waals surface area (Å²) in [5.74, 6) is -1.65.